The van der Waals surface area contributed by atoms with E-state index in [9.17, 15) is 9.59 Å². The van der Waals surface area contributed by atoms with Crippen LogP contribution < -0.4 is 4.74 Å². The van der Waals surface area contributed by atoms with Crippen molar-refractivity contribution in [1.29, 1.82) is 0 Å². The normalized spacial score (nSPS) is 23.9. The molecule has 130 valence electrons. The smallest absolute Gasteiger partial charge is 0.334 e. The van der Waals surface area contributed by atoms with Gasteiger partial charge in [-0.05, 0) is 31.0 Å². The lowest BCUT2D eigenvalue weighted by molar-refractivity contribution is -0.154. The van der Waals surface area contributed by atoms with Crippen LogP contribution in [0.1, 0.15) is 23.2 Å². The standard InChI is InChI=1S/C17H21NO6/c19-16(18-6-8-23-15(10-18)17(20)21)12-3-1-4-13(9-12)24-11-14-5-2-7-22-14/h1,3-4,9,14-15H,2,5-8,10-11H2,(H,20,21). The lowest BCUT2D eigenvalue weighted by Crippen LogP contribution is -2.48. The Hall–Kier alpha value is -2.12. The van der Waals surface area contributed by atoms with Gasteiger partial charge in [-0.25, -0.2) is 4.79 Å². The molecule has 0 aromatic heterocycles. The number of ether oxygens (including phenoxy) is 3. The third-order valence-electron chi connectivity index (χ3n) is 4.17. The molecular weight excluding hydrogens is 314 g/mol. The summed E-state index contributed by atoms with van der Waals surface area (Å²) in [6, 6.07) is 6.94. The van der Waals surface area contributed by atoms with E-state index in [0.717, 1.165) is 19.4 Å². The van der Waals surface area contributed by atoms with Gasteiger partial charge in [0.2, 0.25) is 0 Å². The molecule has 1 aromatic carbocycles. The minimum atomic E-state index is -1.05. The highest BCUT2D eigenvalue weighted by Gasteiger charge is 2.29. The number of rotatable bonds is 5. The Morgan fingerprint density at radius 3 is 2.92 bits per heavy atom. The van der Waals surface area contributed by atoms with Crippen molar-refractivity contribution in [2.75, 3.05) is 32.9 Å². The number of nitrogens with zero attached hydrogens (tertiary/aromatic N) is 1. The molecule has 7 heteroatoms. The summed E-state index contributed by atoms with van der Waals surface area (Å²) in [6.45, 7) is 1.89. The predicted molar refractivity (Wildman–Crippen MR) is 84.2 cm³/mol. The molecular formula is C17H21NO6. The highest BCUT2D eigenvalue weighted by atomic mass is 16.5. The van der Waals surface area contributed by atoms with Gasteiger partial charge in [0.15, 0.2) is 6.10 Å². The number of amides is 1. The molecule has 3 rings (SSSR count). The molecule has 0 aliphatic carbocycles. The number of morpholine rings is 1. The van der Waals surface area contributed by atoms with Crippen molar-refractivity contribution >= 4 is 11.9 Å². The van der Waals surface area contributed by atoms with Gasteiger partial charge in [-0.2, -0.15) is 0 Å². The molecule has 2 atom stereocenters. The Morgan fingerprint density at radius 2 is 2.17 bits per heavy atom. The fraction of sp³-hybridized carbons (Fsp3) is 0.529. The van der Waals surface area contributed by atoms with Gasteiger partial charge >= 0.3 is 5.97 Å². The van der Waals surface area contributed by atoms with E-state index in [1.807, 2.05) is 0 Å². The van der Waals surface area contributed by atoms with Crippen LogP contribution in [0.25, 0.3) is 0 Å². The Bertz CT molecular complexity index is 598. The number of hydrogen-bond donors (Lipinski definition) is 1. The van der Waals surface area contributed by atoms with Gasteiger partial charge in [-0.15, -0.1) is 0 Å². The summed E-state index contributed by atoms with van der Waals surface area (Å²) in [5, 5.41) is 9.03. The fourth-order valence-corrected chi connectivity index (χ4v) is 2.85. The molecule has 0 bridgehead atoms. The number of carboxylic acid groups (broad SMARTS) is 1. The number of aliphatic carboxylic acids is 1. The summed E-state index contributed by atoms with van der Waals surface area (Å²) in [4.78, 5) is 25.1. The molecule has 0 spiro atoms. The van der Waals surface area contributed by atoms with Crippen LogP contribution in [0.2, 0.25) is 0 Å². The molecule has 2 heterocycles. The van der Waals surface area contributed by atoms with Gasteiger partial charge in [0, 0.05) is 18.7 Å². The first-order chi connectivity index (χ1) is 11.6. The largest absolute Gasteiger partial charge is 0.491 e. The number of carboxylic acids is 1. The molecule has 7 nitrogen and oxygen atoms in total. The molecule has 0 radical (unpaired) electrons. The quantitative estimate of drug-likeness (QED) is 0.869. The second-order valence-corrected chi connectivity index (χ2v) is 5.92. The van der Waals surface area contributed by atoms with Gasteiger partial charge in [-0.3, -0.25) is 4.79 Å². The summed E-state index contributed by atoms with van der Waals surface area (Å²) in [6.07, 6.45) is 1.18. The van der Waals surface area contributed by atoms with Crippen molar-refractivity contribution in [2.45, 2.75) is 25.0 Å². The second-order valence-electron chi connectivity index (χ2n) is 5.92. The summed E-state index contributed by atoms with van der Waals surface area (Å²) < 4.78 is 16.4. The minimum absolute atomic E-state index is 0.0508. The lowest BCUT2D eigenvalue weighted by Gasteiger charge is -2.31. The third kappa shape index (κ3) is 4.04. The zero-order valence-corrected chi connectivity index (χ0v) is 13.3. The van der Waals surface area contributed by atoms with E-state index in [1.165, 1.54) is 4.90 Å². The highest BCUT2D eigenvalue weighted by Crippen LogP contribution is 2.19. The number of carbonyl (C=O) groups is 2. The van der Waals surface area contributed by atoms with Crippen molar-refractivity contribution in [3.05, 3.63) is 29.8 Å². The van der Waals surface area contributed by atoms with E-state index in [0.29, 0.717) is 24.5 Å². The molecule has 2 unspecified atom stereocenters. The maximum atomic E-state index is 12.6. The van der Waals surface area contributed by atoms with E-state index in [1.54, 1.807) is 24.3 Å². The van der Waals surface area contributed by atoms with Gasteiger partial charge in [0.1, 0.15) is 12.4 Å². The van der Waals surface area contributed by atoms with Crippen LogP contribution in [-0.4, -0.2) is 67.0 Å². The third-order valence-corrected chi connectivity index (χ3v) is 4.17. The molecule has 2 fully saturated rings. The fourth-order valence-electron chi connectivity index (χ4n) is 2.85. The van der Waals surface area contributed by atoms with E-state index in [4.69, 9.17) is 19.3 Å². The topological polar surface area (TPSA) is 85.3 Å². The van der Waals surface area contributed by atoms with Gasteiger partial charge < -0.3 is 24.2 Å². The van der Waals surface area contributed by atoms with E-state index >= 15 is 0 Å². The molecule has 1 aromatic rings. The van der Waals surface area contributed by atoms with E-state index < -0.39 is 12.1 Å². The summed E-state index contributed by atoms with van der Waals surface area (Å²) >= 11 is 0. The SMILES string of the molecule is O=C(O)C1CN(C(=O)c2cccc(OCC3CCCO3)c2)CCO1. The maximum absolute atomic E-state index is 12.6. The van der Waals surface area contributed by atoms with Crippen molar-refractivity contribution < 1.29 is 28.9 Å². The summed E-state index contributed by atoms with van der Waals surface area (Å²) in [5.41, 5.74) is 0.478. The average molecular weight is 335 g/mol. The number of hydrogen-bond acceptors (Lipinski definition) is 5. The maximum Gasteiger partial charge on any atom is 0.334 e. The van der Waals surface area contributed by atoms with E-state index in [2.05, 4.69) is 0 Å². The first-order valence-electron chi connectivity index (χ1n) is 8.11. The Labute approximate surface area is 140 Å². The molecule has 2 aliphatic rings. The molecule has 24 heavy (non-hydrogen) atoms. The van der Waals surface area contributed by atoms with Gasteiger partial charge in [-0.1, -0.05) is 6.07 Å². The van der Waals surface area contributed by atoms with Crippen LogP contribution in [0.4, 0.5) is 0 Å². The predicted octanol–water partition coefficient (Wildman–Crippen LogP) is 1.17. The Morgan fingerprint density at radius 1 is 1.29 bits per heavy atom. The van der Waals surface area contributed by atoms with Crippen LogP contribution in [0.3, 0.4) is 0 Å². The second kappa shape index (κ2) is 7.63. The first kappa shape index (κ1) is 16.7. The van der Waals surface area contributed by atoms with Gasteiger partial charge in [0.25, 0.3) is 5.91 Å². The van der Waals surface area contributed by atoms with Crippen LogP contribution >= 0.6 is 0 Å². The zero-order chi connectivity index (χ0) is 16.9. The molecule has 2 saturated heterocycles. The van der Waals surface area contributed by atoms with Crippen molar-refractivity contribution in [1.82, 2.24) is 4.90 Å². The highest BCUT2D eigenvalue weighted by molar-refractivity contribution is 5.95. The first-order valence-corrected chi connectivity index (χ1v) is 8.11. The average Bonchev–Trinajstić information content (AvgIpc) is 3.13. The van der Waals surface area contributed by atoms with Crippen molar-refractivity contribution in [3.63, 3.8) is 0 Å². The van der Waals surface area contributed by atoms with Crippen molar-refractivity contribution in [3.8, 4) is 5.75 Å². The summed E-state index contributed by atoms with van der Waals surface area (Å²) in [7, 11) is 0. The molecule has 2 aliphatic heterocycles. The summed E-state index contributed by atoms with van der Waals surface area (Å²) in [5.74, 6) is -0.660. The van der Waals surface area contributed by atoms with Crippen molar-refractivity contribution in [2.24, 2.45) is 0 Å². The lowest BCUT2D eigenvalue weighted by atomic mass is 10.1. The van der Waals surface area contributed by atoms with Gasteiger partial charge in [0.05, 0.1) is 19.3 Å². The van der Waals surface area contributed by atoms with Crippen LogP contribution in [0, 0.1) is 0 Å². The Balaban J connectivity index is 1.61. The molecule has 1 amide bonds. The Kier molecular flexibility index (Phi) is 5.32. The number of carbonyl (C=O) groups excluding carboxylic acids is 1. The minimum Gasteiger partial charge on any atom is -0.491 e. The van der Waals surface area contributed by atoms with Crippen LogP contribution in [-0.2, 0) is 14.3 Å². The monoisotopic (exact) mass is 335 g/mol. The molecule has 1 N–H and O–H groups in total. The van der Waals surface area contributed by atoms with Crippen LogP contribution in [0.15, 0.2) is 24.3 Å². The van der Waals surface area contributed by atoms with E-state index in [-0.39, 0.29) is 25.2 Å². The zero-order valence-electron chi connectivity index (χ0n) is 13.3. The van der Waals surface area contributed by atoms with Crippen LogP contribution in [0.5, 0.6) is 5.75 Å². The molecule has 0 saturated carbocycles. The number of benzene rings is 1.